The lowest BCUT2D eigenvalue weighted by Gasteiger charge is -2.37. The van der Waals surface area contributed by atoms with Gasteiger partial charge in [0.2, 0.25) is 0 Å². The maximum Gasteiger partial charge on any atom is 0.498 e. The van der Waals surface area contributed by atoms with Gasteiger partial charge in [-0.25, -0.2) is 4.79 Å². The molecular formula is C17H34O5Si. The molecule has 0 aromatic carbocycles. The Balaban J connectivity index is 4.64. The van der Waals surface area contributed by atoms with Crippen LogP contribution in [0.3, 0.4) is 0 Å². The second kappa shape index (κ2) is 11.0. The molecule has 0 radical (unpaired) electrons. The Kier molecular flexibility index (Phi) is 10.6. The van der Waals surface area contributed by atoms with E-state index in [9.17, 15) is 4.79 Å². The molecule has 0 aliphatic heterocycles. The Morgan fingerprint density at radius 2 is 1.70 bits per heavy atom. The number of carbonyl (C=O) groups excluding carboxylic acids is 1. The van der Waals surface area contributed by atoms with Crippen molar-refractivity contribution in [1.29, 1.82) is 0 Å². The quantitative estimate of drug-likeness (QED) is 0.217. The van der Waals surface area contributed by atoms with Gasteiger partial charge in [-0.1, -0.05) is 19.9 Å². The third-order valence-electron chi connectivity index (χ3n) is 3.46. The Labute approximate surface area is 142 Å². The normalized spacial score (nSPS) is 14.3. The topological polar surface area (TPSA) is 54.0 Å². The zero-order valence-corrected chi connectivity index (χ0v) is 16.7. The van der Waals surface area contributed by atoms with Crippen molar-refractivity contribution >= 4 is 14.8 Å². The van der Waals surface area contributed by atoms with E-state index in [1.54, 1.807) is 6.92 Å². The largest absolute Gasteiger partial charge is 0.498 e. The molecule has 0 aliphatic carbocycles. The van der Waals surface area contributed by atoms with Gasteiger partial charge in [-0.15, -0.1) is 0 Å². The summed E-state index contributed by atoms with van der Waals surface area (Å²) in [6.45, 7) is 16.8. The molecule has 1 unspecified atom stereocenters. The predicted molar refractivity (Wildman–Crippen MR) is 94.3 cm³/mol. The first kappa shape index (κ1) is 22.3. The van der Waals surface area contributed by atoms with Gasteiger partial charge in [0.1, 0.15) is 0 Å². The number of ether oxygens (including phenoxy) is 1. The number of hydrogen-bond acceptors (Lipinski definition) is 5. The van der Waals surface area contributed by atoms with Crippen LogP contribution in [0.2, 0.25) is 6.55 Å². The number of rotatable bonds is 13. The molecule has 0 spiro atoms. The average molecular weight is 347 g/mol. The molecular weight excluding hydrogens is 312 g/mol. The Hall–Kier alpha value is -0.693. The minimum Gasteiger partial charge on any atom is -0.462 e. The lowest BCUT2D eigenvalue weighted by molar-refractivity contribution is -0.139. The van der Waals surface area contributed by atoms with Gasteiger partial charge in [0.25, 0.3) is 0 Å². The first-order chi connectivity index (χ1) is 10.7. The number of esters is 1. The molecule has 0 aliphatic rings. The Bertz CT molecular complexity index is 366. The van der Waals surface area contributed by atoms with Crippen molar-refractivity contribution < 1.29 is 22.8 Å². The van der Waals surface area contributed by atoms with Gasteiger partial charge in [0, 0.05) is 25.3 Å². The smallest absolute Gasteiger partial charge is 0.462 e. The molecule has 0 aromatic rings. The van der Waals surface area contributed by atoms with Gasteiger partial charge >= 0.3 is 14.8 Å². The Morgan fingerprint density at radius 1 is 1.13 bits per heavy atom. The van der Waals surface area contributed by atoms with E-state index < -0.39 is 8.80 Å². The molecule has 136 valence electrons. The van der Waals surface area contributed by atoms with Crippen LogP contribution in [0.25, 0.3) is 0 Å². The van der Waals surface area contributed by atoms with Gasteiger partial charge in [-0.2, -0.15) is 0 Å². The molecule has 0 saturated heterocycles. The highest BCUT2D eigenvalue weighted by molar-refractivity contribution is 6.59. The molecule has 1 atom stereocenters. The minimum absolute atomic E-state index is 0.338. The highest BCUT2D eigenvalue weighted by Crippen LogP contribution is 2.29. The van der Waals surface area contributed by atoms with Gasteiger partial charge in [-0.05, 0) is 47.0 Å². The van der Waals surface area contributed by atoms with E-state index >= 15 is 0 Å². The van der Waals surface area contributed by atoms with Crippen LogP contribution in [0.15, 0.2) is 12.2 Å². The second-order valence-electron chi connectivity index (χ2n) is 6.05. The lowest BCUT2D eigenvalue weighted by Crippen LogP contribution is -2.50. The summed E-state index contributed by atoms with van der Waals surface area (Å²) < 4.78 is 23.1. The van der Waals surface area contributed by atoms with E-state index in [2.05, 4.69) is 20.4 Å². The van der Waals surface area contributed by atoms with Crippen molar-refractivity contribution in [3.05, 3.63) is 12.2 Å². The maximum atomic E-state index is 11.4. The van der Waals surface area contributed by atoms with Crippen LogP contribution in [0.4, 0.5) is 0 Å². The van der Waals surface area contributed by atoms with Crippen LogP contribution in [0.5, 0.6) is 0 Å². The molecule has 0 heterocycles. The van der Waals surface area contributed by atoms with Gasteiger partial charge in [0.05, 0.1) is 12.2 Å². The average Bonchev–Trinajstić information content (AvgIpc) is 2.43. The SMILES string of the molecule is C=C(C)C(=O)OCCCC(C)(CCC)O[Si](C)(OCC)OCC. The molecule has 0 amide bonds. The van der Waals surface area contributed by atoms with E-state index in [4.69, 9.17) is 18.0 Å². The molecule has 0 rings (SSSR count). The maximum absolute atomic E-state index is 11.4. The van der Waals surface area contributed by atoms with Crippen molar-refractivity contribution in [3.63, 3.8) is 0 Å². The highest BCUT2D eigenvalue weighted by Gasteiger charge is 2.41. The van der Waals surface area contributed by atoms with Crippen LogP contribution in [-0.2, 0) is 22.8 Å². The van der Waals surface area contributed by atoms with Crippen molar-refractivity contribution in [1.82, 2.24) is 0 Å². The van der Waals surface area contributed by atoms with Crippen molar-refractivity contribution in [3.8, 4) is 0 Å². The first-order valence-corrected chi connectivity index (χ1v) is 10.7. The van der Waals surface area contributed by atoms with E-state index in [0.717, 1.165) is 25.7 Å². The van der Waals surface area contributed by atoms with Crippen molar-refractivity contribution in [2.24, 2.45) is 0 Å². The standard InChI is InChI=1S/C17H34O5Si/c1-8-12-17(6,13-11-14-19-16(18)15(4)5)22-23(7,20-9-2)21-10-3/h4,8-14H2,1-3,5-7H3. The summed E-state index contributed by atoms with van der Waals surface area (Å²) in [5.74, 6) is -0.342. The Morgan fingerprint density at radius 3 is 2.13 bits per heavy atom. The summed E-state index contributed by atoms with van der Waals surface area (Å²) in [5.41, 5.74) is 0.0839. The lowest BCUT2D eigenvalue weighted by atomic mass is 9.95. The first-order valence-electron chi connectivity index (χ1n) is 8.52. The summed E-state index contributed by atoms with van der Waals surface area (Å²) in [4.78, 5) is 11.4. The third kappa shape index (κ3) is 9.25. The summed E-state index contributed by atoms with van der Waals surface area (Å²) >= 11 is 0. The fourth-order valence-corrected chi connectivity index (χ4v) is 4.91. The molecule has 0 bridgehead atoms. The molecule has 0 fully saturated rings. The van der Waals surface area contributed by atoms with Crippen LogP contribution in [0, 0.1) is 0 Å². The van der Waals surface area contributed by atoms with E-state index in [-0.39, 0.29) is 11.6 Å². The van der Waals surface area contributed by atoms with Gasteiger partial charge in [-0.3, -0.25) is 0 Å². The van der Waals surface area contributed by atoms with Crippen LogP contribution >= 0.6 is 0 Å². The number of hydrogen-bond donors (Lipinski definition) is 0. The fourth-order valence-electron chi connectivity index (χ4n) is 2.56. The monoisotopic (exact) mass is 346 g/mol. The van der Waals surface area contributed by atoms with Gasteiger partial charge < -0.3 is 18.0 Å². The van der Waals surface area contributed by atoms with Crippen LogP contribution in [-0.4, -0.2) is 40.2 Å². The molecule has 5 nitrogen and oxygen atoms in total. The van der Waals surface area contributed by atoms with Crippen LogP contribution < -0.4 is 0 Å². The highest BCUT2D eigenvalue weighted by atomic mass is 28.4. The van der Waals surface area contributed by atoms with Crippen molar-refractivity contribution in [2.45, 2.75) is 72.5 Å². The molecule has 0 saturated carbocycles. The molecule has 23 heavy (non-hydrogen) atoms. The zero-order chi connectivity index (χ0) is 17.9. The second-order valence-corrected chi connectivity index (χ2v) is 8.56. The molecule has 6 heteroatoms. The third-order valence-corrected chi connectivity index (χ3v) is 5.94. The van der Waals surface area contributed by atoms with Crippen molar-refractivity contribution in [2.75, 3.05) is 19.8 Å². The molecule has 0 aromatic heterocycles. The van der Waals surface area contributed by atoms with E-state index in [1.807, 2.05) is 20.4 Å². The predicted octanol–water partition coefficient (Wildman–Crippen LogP) is 4.10. The summed E-state index contributed by atoms with van der Waals surface area (Å²) in [7, 11) is -2.64. The summed E-state index contributed by atoms with van der Waals surface area (Å²) in [5, 5.41) is 0. The van der Waals surface area contributed by atoms with Gasteiger partial charge in [0.15, 0.2) is 0 Å². The van der Waals surface area contributed by atoms with E-state index in [1.165, 1.54) is 0 Å². The minimum atomic E-state index is -2.64. The summed E-state index contributed by atoms with van der Waals surface area (Å²) in [6.07, 6.45) is 3.43. The zero-order valence-electron chi connectivity index (χ0n) is 15.7. The fraction of sp³-hybridized carbons (Fsp3) is 0.824. The number of carbonyl (C=O) groups is 1. The summed E-state index contributed by atoms with van der Waals surface area (Å²) in [6, 6.07) is 0. The van der Waals surface area contributed by atoms with Crippen LogP contribution in [0.1, 0.15) is 60.3 Å². The molecule has 0 N–H and O–H groups in total. The van der Waals surface area contributed by atoms with E-state index in [0.29, 0.717) is 25.4 Å².